The number of hydrogen-bond donors (Lipinski definition) is 0. The first kappa shape index (κ1) is 9.47. The lowest BCUT2D eigenvalue weighted by molar-refractivity contribution is -0.116. The van der Waals surface area contributed by atoms with Gasteiger partial charge in [-0.05, 0) is 18.1 Å². The van der Waals surface area contributed by atoms with Gasteiger partial charge in [0.05, 0.1) is 12.5 Å². The van der Waals surface area contributed by atoms with E-state index in [0.29, 0.717) is 12.8 Å². The third kappa shape index (κ3) is 3.08. The fourth-order valence-corrected chi connectivity index (χ4v) is 1.15. The Hall–Kier alpha value is -1.62. The molecule has 0 bridgehead atoms. The van der Waals surface area contributed by atoms with Crippen molar-refractivity contribution >= 4 is 5.78 Å². The van der Waals surface area contributed by atoms with Gasteiger partial charge in [-0.25, -0.2) is 0 Å². The smallest absolute Gasteiger partial charge is 0.134 e. The predicted octanol–water partition coefficient (Wildman–Crippen LogP) is 1.88. The molecule has 0 aliphatic rings. The van der Waals surface area contributed by atoms with Crippen LogP contribution in [-0.4, -0.2) is 5.78 Å². The van der Waals surface area contributed by atoms with Crippen molar-refractivity contribution in [2.24, 2.45) is 0 Å². The third-order valence-electron chi connectivity index (χ3n) is 1.76. The van der Waals surface area contributed by atoms with Crippen molar-refractivity contribution < 1.29 is 4.79 Å². The summed E-state index contributed by atoms with van der Waals surface area (Å²) in [6.45, 7) is 1.57. The Balaban J connectivity index is 2.70. The molecule has 2 nitrogen and oxygen atoms in total. The monoisotopic (exact) mass is 173 g/mol. The van der Waals surface area contributed by atoms with Gasteiger partial charge < -0.3 is 0 Å². The average molecular weight is 173 g/mol. The molecule has 0 N–H and O–H groups in total. The number of rotatable bonds is 3. The minimum absolute atomic E-state index is 0.160. The maximum atomic E-state index is 10.8. The number of nitrogens with zero attached hydrogens (tertiary/aromatic N) is 1. The van der Waals surface area contributed by atoms with Gasteiger partial charge in [0.1, 0.15) is 5.78 Å². The summed E-state index contributed by atoms with van der Waals surface area (Å²) in [6, 6.07) is 9.65. The van der Waals surface area contributed by atoms with E-state index in [2.05, 4.69) is 6.07 Å². The highest BCUT2D eigenvalue weighted by Gasteiger charge is 1.97. The van der Waals surface area contributed by atoms with Gasteiger partial charge in [-0.3, -0.25) is 4.79 Å². The fourth-order valence-electron chi connectivity index (χ4n) is 1.15. The summed E-state index contributed by atoms with van der Waals surface area (Å²) in [5, 5.41) is 8.43. The van der Waals surface area contributed by atoms with Crippen molar-refractivity contribution in [2.45, 2.75) is 19.8 Å². The maximum Gasteiger partial charge on any atom is 0.134 e. The largest absolute Gasteiger partial charge is 0.300 e. The molecule has 0 heterocycles. The summed E-state index contributed by atoms with van der Waals surface area (Å²) in [5.74, 6) is 0.160. The Morgan fingerprint density at radius 2 is 1.85 bits per heavy atom. The van der Waals surface area contributed by atoms with Gasteiger partial charge in [0, 0.05) is 6.42 Å². The number of carbonyl (C=O) groups excluding carboxylic acids is 1. The van der Waals surface area contributed by atoms with Gasteiger partial charge in [0.2, 0.25) is 0 Å². The molecular formula is C11H11NO. The van der Waals surface area contributed by atoms with Gasteiger partial charge in [0.25, 0.3) is 0 Å². The van der Waals surface area contributed by atoms with Crippen LogP contribution in [0.2, 0.25) is 0 Å². The number of ketones is 1. The zero-order valence-electron chi connectivity index (χ0n) is 7.58. The van der Waals surface area contributed by atoms with E-state index in [9.17, 15) is 4.79 Å². The van der Waals surface area contributed by atoms with Crippen LogP contribution in [0.3, 0.4) is 0 Å². The molecule has 0 amide bonds. The molecule has 0 aromatic heterocycles. The number of hydrogen-bond acceptors (Lipinski definition) is 2. The molecule has 0 aliphatic carbocycles. The summed E-state index contributed by atoms with van der Waals surface area (Å²) in [4.78, 5) is 10.8. The average Bonchev–Trinajstić information content (AvgIpc) is 2.08. The first-order valence-corrected chi connectivity index (χ1v) is 4.16. The van der Waals surface area contributed by atoms with E-state index in [4.69, 9.17) is 5.26 Å². The normalized spacial score (nSPS) is 9.23. The van der Waals surface area contributed by atoms with Crippen LogP contribution in [0.5, 0.6) is 0 Å². The second-order valence-corrected chi connectivity index (χ2v) is 3.03. The summed E-state index contributed by atoms with van der Waals surface area (Å²) in [5.41, 5.74) is 2.00. The lowest BCUT2D eigenvalue weighted by Gasteiger charge is -1.98. The molecule has 0 aliphatic heterocycles. The van der Waals surface area contributed by atoms with Crippen LogP contribution >= 0.6 is 0 Å². The van der Waals surface area contributed by atoms with E-state index in [1.807, 2.05) is 24.3 Å². The Kier molecular flexibility index (Phi) is 3.22. The van der Waals surface area contributed by atoms with Crippen LogP contribution in [0, 0.1) is 11.3 Å². The van der Waals surface area contributed by atoms with Crippen molar-refractivity contribution in [1.82, 2.24) is 0 Å². The van der Waals surface area contributed by atoms with E-state index < -0.39 is 0 Å². The predicted molar refractivity (Wildman–Crippen MR) is 50.1 cm³/mol. The molecule has 0 saturated heterocycles. The summed E-state index contributed by atoms with van der Waals surface area (Å²) < 4.78 is 0. The molecule has 13 heavy (non-hydrogen) atoms. The maximum absolute atomic E-state index is 10.8. The summed E-state index contributed by atoms with van der Waals surface area (Å²) in [7, 11) is 0. The van der Waals surface area contributed by atoms with E-state index >= 15 is 0 Å². The summed E-state index contributed by atoms with van der Waals surface area (Å²) >= 11 is 0. The van der Waals surface area contributed by atoms with Gasteiger partial charge in [-0.1, -0.05) is 24.3 Å². The molecule has 1 aromatic rings. The Bertz CT molecular complexity index is 332. The first-order chi connectivity index (χ1) is 6.22. The molecule has 0 fully saturated rings. The molecular weight excluding hydrogens is 162 g/mol. The quantitative estimate of drug-likeness (QED) is 0.700. The van der Waals surface area contributed by atoms with Crippen molar-refractivity contribution in [3.8, 4) is 6.07 Å². The standard InChI is InChI=1S/C11H11NO/c1-9(13)8-11-4-2-10(3-5-11)6-7-12/h2-5H,6,8H2,1H3. The second kappa shape index (κ2) is 4.42. The van der Waals surface area contributed by atoms with Gasteiger partial charge in [-0.15, -0.1) is 0 Å². The van der Waals surface area contributed by atoms with Crippen molar-refractivity contribution in [1.29, 1.82) is 5.26 Å². The minimum atomic E-state index is 0.160. The molecule has 1 rings (SSSR count). The first-order valence-electron chi connectivity index (χ1n) is 4.16. The highest BCUT2D eigenvalue weighted by Crippen LogP contribution is 2.05. The molecule has 1 aromatic carbocycles. The summed E-state index contributed by atoms with van der Waals surface area (Å²) in [6.07, 6.45) is 0.910. The zero-order valence-corrected chi connectivity index (χ0v) is 7.58. The van der Waals surface area contributed by atoms with Crippen LogP contribution in [0.25, 0.3) is 0 Å². The highest BCUT2D eigenvalue weighted by molar-refractivity contribution is 5.78. The van der Waals surface area contributed by atoms with Crippen LogP contribution in [0.15, 0.2) is 24.3 Å². The van der Waals surface area contributed by atoms with Crippen LogP contribution in [0.1, 0.15) is 18.1 Å². The van der Waals surface area contributed by atoms with Gasteiger partial charge in [-0.2, -0.15) is 5.26 Å². The second-order valence-electron chi connectivity index (χ2n) is 3.03. The highest BCUT2D eigenvalue weighted by atomic mass is 16.1. The van der Waals surface area contributed by atoms with E-state index in [1.165, 1.54) is 0 Å². The van der Waals surface area contributed by atoms with Crippen molar-refractivity contribution in [3.05, 3.63) is 35.4 Å². The van der Waals surface area contributed by atoms with Crippen LogP contribution < -0.4 is 0 Å². The van der Waals surface area contributed by atoms with Crippen LogP contribution in [0.4, 0.5) is 0 Å². The third-order valence-corrected chi connectivity index (χ3v) is 1.76. The minimum Gasteiger partial charge on any atom is -0.300 e. The molecule has 0 saturated carbocycles. The number of carbonyl (C=O) groups is 1. The molecule has 0 radical (unpaired) electrons. The van der Waals surface area contributed by atoms with Gasteiger partial charge >= 0.3 is 0 Å². The Morgan fingerprint density at radius 3 is 2.31 bits per heavy atom. The topological polar surface area (TPSA) is 40.9 Å². The molecule has 2 heteroatoms. The molecule has 66 valence electrons. The Morgan fingerprint density at radius 1 is 1.31 bits per heavy atom. The molecule has 0 atom stereocenters. The van der Waals surface area contributed by atoms with Gasteiger partial charge in [0.15, 0.2) is 0 Å². The molecule has 0 spiro atoms. The zero-order chi connectivity index (χ0) is 9.68. The number of nitriles is 1. The van der Waals surface area contributed by atoms with Crippen molar-refractivity contribution in [3.63, 3.8) is 0 Å². The lowest BCUT2D eigenvalue weighted by atomic mass is 10.1. The van der Waals surface area contributed by atoms with Crippen molar-refractivity contribution in [2.75, 3.05) is 0 Å². The number of benzene rings is 1. The SMILES string of the molecule is CC(=O)Cc1ccc(CC#N)cc1. The van der Waals surface area contributed by atoms with Crippen LogP contribution in [-0.2, 0) is 17.6 Å². The van der Waals surface area contributed by atoms with E-state index in [1.54, 1.807) is 6.92 Å². The van der Waals surface area contributed by atoms with E-state index in [0.717, 1.165) is 11.1 Å². The lowest BCUT2D eigenvalue weighted by Crippen LogP contribution is -1.95. The number of Topliss-reactive ketones (excluding diaryl/α,β-unsaturated/α-hetero) is 1. The fraction of sp³-hybridized carbons (Fsp3) is 0.273. The molecule has 0 unspecified atom stereocenters. The Labute approximate surface area is 77.8 Å². The van der Waals surface area contributed by atoms with E-state index in [-0.39, 0.29) is 5.78 Å².